The summed E-state index contributed by atoms with van der Waals surface area (Å²) in [4.78, 5) is 25.7. The summed E-state index contributed by atoms with van der Waals surface area (Å²) >= 11 is 0. The maximum atomic E-state index is 12.9. The third-order valence-electron chi connectivity index (χ3n) is 5.14. The molecule has 0 amide bonds. The Morgan fingerprint density at radius 1 is 1.38 bits per heavy atom. The minimum Gasteiger partial charge on any atom is -0.508 e. The van der Waals surface area contributed by atoms with E-state index in [1.807, 2.05) is 13.0 Å². The fourth-order valence-corrected chi connectivity index (χ4v) is 3.56. The van der Waals surface area contributed by atoms with Crippen LogP contribution in [0, 0.1) is 6.92 Å². The van der Waals surface area contributed by atoms with Crippen molar-refractivity contribution in [3.63, 3.8) is 0 Å². The van der Waals surface area contributed by atoms with Gasteiger partial charge in [0.1, 0.15) is 35.5 Å². The number of ketones is 1. The second-order valence-electron chi connectivity index (χ2n) is 7.25. The van der Waals surface area contributed by atoms with Crippen molar-refractivity contribution in [3.05, 3.63) is 58.4 Å². The normalized spacial score (nSPS) is 24.1. The van der Waals surface area contributed by atoms with E-state index in [0.29, 0.717) is 22.5 Å². The standard InChI is InChI=1S/C22H24O7/c1-5-6-15-8-13-9-18(22(3,26)20(24)16(13)11-28-15)29-21(25)19-12(2)7-14(23)10-17(19)27-4/h5-8,10,18,23,26H,9,11H2,1-4H3/b6-5+/t18?,22-/m0/s1. The zero-order valence-corrected chi connectivity index (χ0v) is 16.8. The van der Waals surface area contributed by atoms with Gasteiger partial charge in [-0.25, -0.2) is 4.79 Å². The van der Waals surface area contributed by atoms with Gasteiger partial charge in [0, 0.05) is 18.1 Å². The van der Waals surface area contributed by atoms with Crippen molar-refractivity contribution in [2.45, 2.75) is 38.9 Å². The second kappa shape index (κ2) is 7.75. The van der Waals surface area contributed by atoms with E-state index in [1.54, 1.807) is 19.1 Å². The van der Waals surface area contributed by atoms with Crippen molar-refractivity contribution in [2.24, 2.45) is 0 Å². The predicted molar refractivity (Wildman–Crippen MR) is 105 cm³/mol. The molecule has 0 bridgehead atoms. The molecule has 3 rings (SSSR count). The molecule has 0 saturated heterocycles. The molecule has 1 heterocycles. The van der Waals surface area contributed by atoms with E-state index in [9.17, 15) is 19.8 Å². The fraction of sp³-hybridized carbons (Fsp3) is 0.364. The van der Waals surface area contributed by atoms with Crippen LogP contribution in [0.5, 0.6) is 11.5 Å². The molecule has 0 fully saturated rings. The third-order valence-corrected chi connectivity index (χ3v) is 5.14. The van der Waals surface area contributed by atoms with E-state index >= 15 is 0 Å². The van der Waals surface area contributed by atoms with Crippen LogP contribution in [-0.4, -0.2) is 47.4 Å². The molecule has 1 aromatic rings. The van der Waals surface area contributed by atoms with E-state index in [2.05, 4.69) is 0 Å². The number of methoxy groups -OCH3 is 1. The number of esters is 1. The quantitative estimate of drug-likeness (QED) is 0.749. The molecular formula is C22H24O7. The average molecular weight is 400 g/mol. The molecule has 0 saturated carbocycles. The van der Waals surface area contributed by atoms with Gasteiger partial charge in [-0.1, -0.05) is 6.08 Å². The van der Waals surface area contributed by atoms with Crippen molar-refractivity contribution in [2.75, 3.05) is 13.7 Å². The topological polar surface area (TPSA) is 102 Å². The number of carbonyl (C=O) groups excluding carboxylic acids is 2. The average Bonchev–Trinajstić information content (AvgIpc) is 2.65. The van der Waals surface area contributed by atoms with Gasteiger partial charge in [-0.15, -0.1) is 0 Å². The van der Waals surface area contributed by atoms with E-state index in [-0.39, 0.29) is 30.1 Å². The summed E-state index contributed by atoms with van der Waals surface area (Å²) in [6.45, 7) is 4.88. The van der Waals surface area contributed by atoms with E-state index in [4.69, 9.17) is 14.2 Å². The Labute approximate surface area is 168 Å². The SMILES string of the molecule is C/C=C/C1=CC2=C(CO1)C(=O)[C@@](C)(O)C(OC(=O)c1c(C)cc(O)cc1OC)C2. The molecule has 2 N–H and O–H groups in total. The van der Waals surface area contributed by atoms with Crippen molar-refractivity contribution in [1.29, 1.82) is 0 Å². The molecule has 7 heteroatoms. The van der Waals surface area contributed by atoms with Crippen LogP contribution in [0.2, 0.25) is 0 Å². The maximum Gasteiger partial charge on any atom is 0.342 e. The smallest absolute Gasteiger partial charge is 0.342 e. The number of hydrogen-bond donors (Lipinski definition) is 2. The van der Waals surface area contributed by atoms with Crippen molar-refractivity contribution in [1.82, 2.24) is 0 Å². The highest BCUT2D eigenvalue weighted by Crippen LogP contribution is 2.37. The fourth-order valence-electron chi connectivity index (χ4n) is 3.56. The van der Waals surface area contributed by atoms with Gasteiger partial charge in [0.25, 0.3) is 0 Å². The van der Waals surface area contributed by atoms with Gasteiger partial charge in [-0.2, -0.15) is 0 Å². The number of Topliss-reactive ketones (excluding diaryl/α,β-unsaturated/α-hetero) is 1. The minimum absolute atomic E-state index is 0.0469. The van der Waals surface area contributed by atoms with E-state index in [1.165, 1.54) is 26.2 Å². The van der Waals surface area contributed by atoms with Crippen molar-refractivity contribution in [3.8, 4) is 11.5 Å². The number of aliphatic hydroxyl groups is 1. The summed E-state index contributed by atoms with van der Waals surface area (Å²) in [5.74, 6) is -0.570. The summed E-state index contributed by atoms with van der Waals surface area (Å²) in [7, 11) is 1.37. The lowest BCUT2D eigenvalue weighted by molar-refractivity contribution is -0.146. The first-order valence-corrected chi connectivity index (χ1v) is 9.24. The highest BCUT2D eigenvalue weighted by molar-refractivity contribution is 6.05. The third kappa shape index (κ3) is 3.78. The van der Waals surface area contributed by atoms with Crippen LogP contribution >= 0.6 is 0 Å². The zero-order chi connectivity index (χ0) is 21.3. The Kier molecular flexibility index (Phi) is 5.53. The minimum atomic E-state index is -1.89. The van der Waals surface area contributed by atoms with Crippen LogP contribution in [0.4, 0.5) is 0 Å². The number of aromatic hydroxyl groups is 1. The number of aryl methyl sites for hydroxylation is 1. The molecular weight excluding hydrogens is 376 g/mol. The van der Waals surface area contributed by atoms with Gasteiger partial charge < -0.3 is 24.4 Å². The maximum absolute atomic E-state index is 12.9. The molecule has 0 spiro atoms. The lowest BCUT2D eigenvalue weighted by Crippen LogP contribution is -2.53. The van der Waals surface area contributed by atoms with Crippen LogP contribution in [0.1, 0.15) is 36.2 Å². The molecule has 0 radical (unpaired) electrons. The number of rotatable bonds is 4. The van der Waals surface area contributed by atoms with Gasteiger partial charge >= 0.3 is 5.97 Å². The zero-order valence-electron chi connectivity index (χ0n) is 16.8. The van der Waals surface area contributed by atoms with Crippen LogP contribution in [0.25, 0.3) is 0 Å². The highest BCUT2D eigenvalue weighted by Gasteiger charge is 2.48. The lowest BCUT2D eigenvalue weighted by Gasteiger charge is -2.38. The van der Waals surface area contributed by atoms with Crippen molar-refractivity contribution >= 4 is 11.8 Å². The Bertz CT molecular complexity index is 950. The van der Waals surface area contributed by atoms with Crippen LogP contribution in [0.15, 0.2) is 47.3 Å². The molecule has 1 unspecified atom stereocenters. The molecule has 154 valence electrons. The Balaban J connectivity index is 1.93. The molecule has 1 aliphatic carbocycles. The van der Waals surface area contributed by atoms with Crippen LogP contribution in [0.3, 0.4) is 0 Å². The second-order valence-corrected chi connectivity index (χ2v) is 7.25. The van der Waals surface area contributed by atoms with Gasteiger partial charge in [-0.3, -0.25) is 4.79 Å². The summed E-state index contributed by atoms with van der Waals surface area (Å²) in [5, 5.41) is 20.5. The molecule has 1 aliphatic heterocycles. The van der Waals surface area contributed by atoms with Crippen molar-refractivity contribution < 1.29 is 34.0 Å². The molecule has 29 heavy (non-hydrogen) atoms. The molecule has 1 aromatic carbocycles. The first-order valence-electron chi connectivity index (χ1n) is 9.24. The first kappa shape index (κ1) is 20.7. The van der Waals surface area contributed by atoms with E-state index < -0.39 is 23.5 Å². The lowest BCUT2D eigenvalue weighted by atomic mass is 9.77. The van der Waals surface area contributed by atoms with Gasteiger partial charge in [0.15, 0.2) is 11.4 Å². The number of phenols is 1. The number of ether oxygens (including phenoxy) is 3. The molecule has 0 aromatic heterocycles. The monoisotopic (exact) mass is 400 g/mol. The molecule has 2 aliphatic rings. The summed E-state index contributed by atoms with van der Waals surface area (Å²) in [5.41, 5.74) is -0.246. The van der Waals surface area contributed by atoms with Gasteiger partial charge in [0.2, 0.25) is 0 Å². The first-order chi connectivity index (χ1) is 13.7. The van der Waals surface area contributed by atoms with Crippen LogP contribution < -0.4 is 4.74 Å². The Morgan fingerprint density at radius 3 is 2.76 bits per heavy atom. The summed E-state index contributed by atoms with van der Waals surface area (Å²) < 4.78 is 16.3. The number of hydrogen-bond acceptors (Lipinski definition) is 7. The number of allylic oxidation sites excluding steroid dienone is 3. The number of phenolic OH excluding ortho intramolecular Hbond substituents is 1. The highest BCUT2D eigenvalue weighted by atomic mass is 16.6. The predicted octanol–water partition coefficient (Wildman–Crippen LogP) is 2.75. The number of benzene rings is 1. The van der Waals surface area contributed by atoms with Gasteiger partial charge in [0.05, 0.1) is 7.11 Å². The Hall–Kier alpha value is -3.06. The van der Waals surface area contributed by atoms with Crippen LogP contribution in [-0.2, 0) is 14.3 Å². The summed E-state index contributed by atoms with van der Waals surface area (Å²) in [6, 6.07) is 2.72. The summed E-state index contributed by atoms with van der Waals surface area (Å²) in [6.07, 6.45) is 4.39. The molecule has 2 atom stereocenters. The Morgan fingerprint density at radius 2 is 2.10 bits per heavy atom. The largest absolute Gasteiger partial charge is 0.508 e. The number of carbonyl (C=O) groups is 2. The van der Waals surface area contributed by atoms with E-state index in [0.717, 1.165) is 0 Å². The van der Waals surface area contributed by atoms with Gasteiger partial charge in [-0.05, 0) is 50.1 Å². The molecule has 7 nitrogen and oxygen atoms in total.